The lowest BCUT2D eigenvalue weighted by molar-refractivity contribution is -0.151. The Kier molecular flexibility index (Phi) is 12.5. The van der Waals surface area contributed by atoms with Crippen molar-refractivity contribution in [3.05, 3.63) is 12.2 Å². The van der Waals surface area contributed by atoms with Gasteiger partial charge in [0.1, 0.15) is 0 Å². The summed E-state index contributed by atoms with van der Waals surface area (Å²) in [6.45, 7) is 6.74. The fraction of sp³-hybridized carbons (Fsp3) is 0.778. The Labute approximate surface area is 134 Å². The van der Waals surface area contributed by atoms with Gasteiger partial charge in [-0.3, -0.25) is 9.59 Å². The quantitative estimate of drug-likeness (QED) is 0.307. The second-order valence-electron chi connectivity index (χ2n) is 5.96. The molecule has 0 saturated carbocycles. The van der Waals surface area contributed by atoms with Gasteiger partial charge in [-0.2, -0.15) is 0 Å². The number of carbonyl (C=O) groups is 2. The lowest BCUT2D eigenvalue weighted by Gasteiger charge is -2.11. The van der Waals surface area contributed by atoms with Gasteiger partial charge in [0.2, 0.25) is 0 Å². The monoisotopic (exact) mass is 312 g/mol. The topological polar surface area (TPSA) is 63.6 Å². The number of carboxylic acid groups (broad SMARTS) is 1. The summed E-state index contributed by atoms with van der Waals surface area (Å²) in [5, 5.41) is 9.17. The Hall–Kier alpha value is -1.32. The maximum atomic E-state index is 11.7. The molecule has 0 aliphatic rings. The van der Waals surface area contributed by atoms with E-state index in [-0.39, 0.29) is 6.42 Å². The van der Waals surface area contributed by atoms with Gasteiger partial charge in [-0.1, -0.05) is 52.2 Å². The molecule has 0 radical (unpaired) electrons. The van der Waals surface area contributed by atoms with Crippen LogP contribution in [-0.2, 0) is 14.3 Å². The van der Waals surface area contributed by atoms with Crippen LogP contribution in [0.5, 0.6) is 0 Å². The molecule has 0 aliphatic carbocycles. The van der Waals surface area contributed by atoms with Crippen LogP contribution in [0.3, 0.4) is 0 Å². The second-order valence-corrected chi connectivity index (χ2v) is 5.96. The highest BCUT2D eigenvalue weighted by molar-refractivity contribution is 5.78. The van der Waals surface area contributed by atoms with E-state index in [0.29, 0.717) is 18.9 Å². The predicted octanol–water partition coefficient (Wildman–Crippen LogP) is 4.58. The van der Waals surface area contributed by atoms with Crippen LogP contribution in [0.15, 0.2) is 12.2 Å². The molecular formula is C18H32O4. The first kappa shape index (κ1) is 20.7. The molecule has 2 atom stereocenters. The maximum Gasteiger partial charge on any atom is 0.307 e. The van der Waals surface area contributed by atoms with Gasteiger partial charge in [-0.25, -0.2) is 0 Å². The number of esters is 1. The van der Waals surface area contributed by atoms with Gasteiger partial charge < -0.3 is 9.84 Å². The van der Waals surface area contributed by atoms with E-state index in [0.717, 1.165) is 25.7 Å². The molecular weight excluding hydrogens is 280 g/mol. The van der Waals surface area contributed by atoms with E-state index in [2.05, 4.69) is 20.8 Å². The molecule has 0 amide bonds. The van der Waals surface area contributed by atoms with Gasteiger partial charge in [0.05, 0.1) is 18.9 Å². The smallest absolute Gasteiger partial charge is 0.307 e. The Balaban J connectivity index is 4.02. The van der Waals surface area contributed by atoms with Crippen LogP contribution >= 0.6 is 0 Å². The minimum atomic E-state index is -0.933. The highest BCUT2D eigenvalue weighted by atomic mass is 16.5. The Bertz CT molecular complexity index is 336. The van der Waals surface area contributed by atoms with Gasteiger partial charge >= 0.3 is 11.9 Å². The number of allylic oxidation sites excluding steroid dienone is 2. The maximum absolute atomic E-state index is 11.7. The zero-order valence-corrected chi connectivity index (χ0v) is 14.3. The molecule has 4 nitrogen and oxygen atoms in total. The largest absolute Gasteiger partial charge is 0.481 e. The summed E-state index contributed by atoms with van der Waals surface area (Å²) in [6.07, 6.45) is 10.6. The van der Waals surface area contributed by atoms with Crippen LogP contribution in [0, 0.1) is 11.8 Å². The van der Waals surface area contributed by atoms with E-state index in [9.17, 15) is 14.7 Å². The molecule has 0 saturated heterocycles. The van der Waals surface area contributed by atoms with Gasteiger partial charge in [0, 0.05) is 0 Å². The SMILES string of the molecule is CCCCC/C=C/CC(CC(=O)OCCC(C)CC)C(=O)O. The van der Waals surface area contributed by atoms with Crippen LogP contribution in [0.2, 0.25) is 0 Å². The number of hydrogen-bond donors (Lipinski definition) is 1. The van der Waals surface area contributed by atoms with Crippen molar-refractivity contribution in [1.29, 1.82) is 0 Å². The van der Waals surface area contributed by atoms with E-state index in [1.807, 2.05) is 12.2 Å². The summed E-state index contributed by atoms with van der Waals surface area (Å²) < 4.78 is 5.13. The Morgan fingerprint density at radius 1 is 1.18 bits per heavy atom. The van der Waals surface area contributed by atoms with Crippen LogP contribution in [0.25, 0.3) is 0 Å². The fourth-order valence-electron chi connectivity index (χ4n) is 2.00. The zero-order chi connectivity index (χ0) is 16.8. The van der Waals surface area contributed by atoms with Crippen molar-refractivity contribution in [3.63, 3.8) is 0 Å². The molecule has 1 N–H and O–H groups in total. The van der Waals surface area contributed by atoms with E-state index in [1.165, 1.54) is 12.8 Å². The highest BCUT2D eigenvalue weighted by Crippen LogP contribution is 2.13. The molecule has 0 fully saturated rings. The van der Waals surface area contributed by atoms with E-state index in [4.69, 9.17) is 4.74 Å². The predicted molar refractivity (Wildman–Crippen MR) is 88.7 cm³/mol. The molecule has 0 rings (SSSR count). The lowest BCUT2D eigenvalue weighted by Crippen LogP contribution is -2.19. The second kappa shape index (κ2) is 13.4. The number of rotatable bonds is 13. The molecule has 0 heterocycles. The van der Waals surface area contributed by atoms with Crippen molar-refractivity contribution in [3.8, 4) is 0 Å². The van der Waals surface area contributed by atoms with Crippen molar-refractivity contribution in [2.45, 2.75) is 72.1 Å². The van der Waals surface area contributed by atoms with Crippen LogP contribution < -0.4 is 0 Å². The summed E-state index contributed by atoms with van der Waals surface area (Å²) in [5.74, 6) is -1.50. The molecule has 2 unspecified atom stereocenters. The van der Waals surface area contributed by atoms with E-state index < -0.39 is 17.9 Å². The van der Waals surface area contributed by atoms with Crippen molar-refractivity contribution < 1.29 is 19.4 Å². The Morgan fingerprint density at radius 2 is 1.91 bits per heavy atom. The summed E-state index contributed by atoms with van der Waals surface area (Å²) in [5.41, 5.74) is 0. The molecule has 0 aromatic heterocycles. The Morgan fingerprint density at radius 3 is 2.50 bits per heavy atom. The van der Waals surface area contributed by atoms with Gasteiger partial charge in [0.15, 0.2) is 0 Å². The number of hydrogen-bond acceptors (Lipinski definition) is 3. The normalized spacial score (nSPS) is 14.0. The van der Waals surface area contributed by atoms with Crippen molar-refractivity contribution >= 4 is 11.9 Å². The summed E-state index contributed by atoms with van der Waals surface area (Å²) in [4.78, 5) is 22.9. The standard InChI is InChI=1S/C18H32O4/c1-4-6-7-8-9-10-11-16(18(20)21)14-17(19)22-13-12-15(3)5-2/h9-10,15-16H,4-8,11-14H2,1-3H3,(H,20,21)/b10-9+. The van der Waals surface area contributed by atoms with Gasteiger partial charge in [0.25, 0.3) is 0 Å². The van der Waals surface area contributed by atoms with Crippen molar-refractivity contribution in [1.82, 2.24) is 0 Å². The average molecular weight is 312 g/mol. The lowest BCUT2D eigenvalue weighted by atomic mass is 10.0. The third kappa shape index (κ3) is 11.4. The molecule has 4 heteroatoms. The average Bonchev–Trinajstić information content (AvgIpc) is 2.49. The number of ether oxygens (including phenoxy) is 1. The molecule has 0 spiro atoms. The first-order valence-corrected chi connectivity index (χ1v) is 8.54. The molecule has 0 aromatic rings. The molecule has 0 bridgehead atoms. The van der Waals surface area contributed by atoms with Gasteiger partial charge in [-0.15, -0.1) is 0 Å². The number of carbonyl (C=O) groups excluding carboxylic acids is 1. The first-order valence-electron chi connectivity index (χ1n) is 8.54. The third-order valence-corrected chi connectivity index (χ3v) is 3.89. The minimum absolute atomic E-state index is 0.0465. The molecule has 0 aromatic carbocycles. The summed E-state index contributed by atoms with van der Waals surface area (Å²) >= 11 is 0. The molecule has 128 valence electrons. The van der Waals surface area contributed by atoms with Crippen LogP contribution in [0.1, 0.15) is 72.1 Å². The number of aliphatic carboxylic acids is 1. The van der Waals surface area contributed by atoms with Crippen LogP contribution in [-0.4, -0.2) is 23.7 Å². The van der Waals surface area contributed by atoms with E-state index >= 15 is 0 Å². The molecule has 22 heavy (non-hydrogen) atoms. The van der Waals surface area contributed by atoms with Gasteiger partial charge in [-0.05, 0) is 31.6 Å². The number of carboxylic acids is 1. The highest BCUT2D eigenvalue weighted by Gasteiger charge is 2.20. The fourth-order valence-corrected chi connectivity index (χ4v) is 2.00. The van der Waals surface area contributed by atoms with Crippen molar-refractivity contribution in [2.75, 3.05) is 6.61 Å². The summed E-state index contributed by atoms with van der Waals surface area (Å²) in [7, 11) is 0. The zero-order valence-electron chi connectivity index (χ0n) is 14.3. The number of unbranched alkanes of at least 4 members (excludes halogenated alkanes) is 3. The van der Waals surface area contributed by atoms with Crippen LogP contribution in [0.4, 0.5) is 0 Å². The summed E-state index contributed by atoms with van der Waals surface area (Å²) in [6, 6.07) is 0. The molecule has 0 aliphatic heterocycles. The van der Waals surface area contributed by atoms with E-state index in [1.54, 1.807) is 0 Å². The third-order valence-electron chi connectivity index (χ3n) is 3.89. The van der Waals surface area contributed by atoms with Crippen molar-refractivity contribution in [2.24, 2.45) is 11.8 Å². The minimum Gasteiger partial charge on any atom is -0.481 e. The first-order chi connectivity index (χ1) is 10.5.